The van der Waals surface area contributed by atoms with E-state index in [1.807, 2.05) is 6.07 Å². The van der Waals surface area contributed by atoms with Gasteiger partial charge in [-0.05, 0) is 37.6 Å². The molecule has 0 spiro atoms. The maximum atomic E-state index is 11.5. The zero-order valence-electron chi connectivity index (χ0n) is 16.4. The lowest BCUT2D eigenvalue weighted by Gasteiger charge is -2.28. The van der Waals surface area contributed by atoms with E-state index in [1.54, 1.807) is 6.07 Å². The summed E-state index contributed by atoms with van der Waals surface area (Å²) in [6.07, 6.45) is 2.43. The van der Waals surface area contributed by atoms with Crippen LogP contribution in [0.5, 0.6) is 11.5 Å². The van der Waals surface area contributed by atoms with Crippen LogP contribution in [0.4, 0.5) is 5.69 Å². The smallest absolute Gasteiger partial charge is 0.277 e. The molecular formula is C21H27N3O4. The monoisotopic (exact) mass is 385 g/mol. The largest absolute Gasteiger partial charge is 0.493 e. The van der Waals surface area contributed by atoms with Crippen LogP contribution in [0.15, 0.2) is 42.5 Å². The van der Waals surface area contributed by atoms with Crippen molar-refractivity contribution in [3.8, 4) is 11.5 Å². The number of rotatable bonds is 9. The van der Waals surface area contributed by atoms with Gasteiger partial charge in [0.1, 0.15) is 0 Å². The highest BCUT2D eigenvalue weighted by Crippen LogP contribution is 2.34. The zero-order valence-corrected chi connectivity index (χ0v) is 16.4. The van der Waals surface area contributed by atoms with Crippen LogP contribution in [0.3, 0.4) is 0 Å². The Balaban J connectivity index is 1.75. The fourth-order valence-corrected chi connectivity index (χ4v) is 3.75. The van der Waals surface area contributed by atoms with E-state index in [0.29, 0.717) is 23.6 Å². The summed E-state index contributed by atoms with van der Waals surface area (Å²) < 4.78 is 10.5. The van der Waals surface area contributed by atoms with Gasteiger partial charge in [0.05, 0.1) is 25.2 Å². The number of hydrogen-bond donors (Lipinski definition) is 1. The average molecular weight is 385 g/mol. The molecule has 2 aromatic rings. The van der Waals surface area contributed by atoms with Gasteiger partial charge in [0, 0.05) is 24.7 Å². The summed E-state index contributed by atoms with van der Waals surface area (Å²) in [4.78, 5) is 13.6. The zero-order chi connectivity index (χ0) is 19.9. The molecule has 1 saturated heterocycles. The van der Waals surface area contributed by atoms with Crippen LogP contribution in [0, 0.1) is 10.1 Å². The predicted octanol–water partition coefficient (Wildman–Crippen LogP) is 3.54. The van der Waals surface area contributed by atoms with Crippen molar-refractivity contribution in [1.82, 2.24) is 10.2 Å². The van der Waals surface area contributed by atoms with Gasteiger partial charge in [-0.25, -0.2) is 0 Å². The van der Waals surface area contributed by atoms with Gasteiger partial charge >= 0.3 is 0 Å². The Morgan fingerprint density at radius 1 is 1.11 bits per heavy atom. The lowest BCUT2D eigenvalue weighted by Crippen LogP contribution is -2.34. The minimum Gasteiger partial charge on any atom is -0.493 e. The molecule has 7 nitrogen and oxygen atoms in total. The average Bonchev–Trinajstić information content (AvgIpc) is 3.25. The molecule has 1 aliphatic rings. The van der Waals surface area contributed by atoms with Crippen LogP contribution < -0.4 is 14.8 Å². The predicted molar refractivity (Wildman–Crippen MR) is 108 cm³/mol. The van der Waals surface area contributed by atoms with Crippen LogP contribution in [0.1, 0.15) is 30.0 Å². The Hall–Kier alpha value is -2.64. The van der Waals surface area contributed by atoms with Crippen LogP contribution in [-0.4, -0.2) is 43.7 Å². The molecule has 3 rings (SSSR count). The van der Waals surface area contributed by atoms with E-state index < -0.39 is 0 Å². The molecule has 1 aliphatic heterocycles. The molecule has 1 N–H and O–H groups in total. The molecule has 0 aromatic heterocycles. The van der Waals surface area contributed by atoms with E-state index in [4.69, 9.17) is 9.47 Å². The first-order chi connectivity index (χ1) is 13.6. The van der Waals surface area contributed by atoms with Gasteiger partial charge in [0.2, 0.25) is 0 Å². The van der Waals surface area contributed by atoms with Crippen molar-refractivity contribution < 1.29 is 14.4 Å². The summed E-state index contributed by atoms with van der Waals surface area (Å²) >= 11 is 0. The second-order valence-electron chi connectivity index (χ2n) is 6.89. The van der Waals surface area contributed by atoms with Crippen molar-refractivity contribution in [2.75, 3.05) is 33.9 Å². The molecule has 28 heavy (non-hydrogen) atoms. The quantitative estimate of drug-likeness (QED) is 0.526. The number of benzene rings is 2. The van der Waals surface area contributed by atoms with Crippen LogP contribution in [0.25, 0.3) is 0 Å². The third-order valence-corrected chi connectivity index (χ3v) is 5.20. The Labute approximate surface area is 165 Å². The van der Waals surface area contributed by atoms with Gasteiger partial charge in [0.25, 0.3) is 5.69 Å². The van der Waals surface area contributed by atoms with Gasteiger partial charge < -0.3 is 14.8 Å². The lowest BCUT2D eigenvalue weighted by atomic mass is 10.1. The number of nitrogens with one attached hydrogen (secondary N) is 1. The van der Waals surface area contributed by atoms with Crippen molar-refractivity contribution >= 4 is 5.69 Å². The van der Waals surface area contributed by atoms with Crippen LogP contribution in [-0.2, 0) is 6.54 Å². The van der Waals surface area contributed by atoms with Crippen LogP contribution >= 0.6 is 0 Å². The number of hydrogen-bond acceptors (Lipinski definition) is 6. The Kier molecular flexibility index (Phi) is 6.84. The van der Waals surface area contributed by atoms with Crippen molar-refractivity contribution in [3.05, 3.63) is 63.7 Å². The normalized spacial score (nSPS) is 15.4. The summed E-state index contributed by atoms with van der Waals surface area (Å²) in [5.41, 5.74) is 1.87. The van der Waals surface area contributed by atoms with E-state index in [2.05, 4.69) is 34.5 Å². The molecule has 1 fully saturated rings. The molecule has 0 bridgehead atoms. The van der Waals surface area contributed by atoms with E-state index in [1.165, 1.54) is 38.7 Å². The summed E-state index contributed by atoms with van der Waals surface area (Å²) in [5, 5.41) is 14.9. The summed E-state index contributed by atoms with van der Waals surface area (Å²) in [6.45, 7) is 3.26. The fourth-order valence-electron chi connectivity index (χ4n) is 3.75. The Morgan fingerprint density at radius 3 is 2.36 bits per heavy atom. The molecule has 1 heterocycles. The third kappa shape index (κ3) is 4.61. The second-order valence-corrected chi connectivity index (χ2v) is 6.89. The van der Waals surface area contributed by atoms with Crippen molar-refractivity contribution in [2.24, 2.45) is 0 Å². The minimum absolute atomic E-state index is 0.0302. The molecule has 0 radical (unpaired) electrons. The number of methoxy groups -OCH3 is 2. The first-order valence-electron chi connectivity index (χ1n) is 9.53. The number of nitro groups is 1. The topological polar surface area (TPSA) is 76.9 Å². The highest BCUT2D eigenvalue weighted by atomic mass is 16.6. The van der Waals surface area contributed by atoms with Gasteiger partial charge in [-0.1, -0.05) is 30.3 Å². The standard InChI is InChI=1S/C21H27N3O4/c1-27-20-12-17(18(24(25)26)13-21(20)28-2)14-22-15-19(23-10-6-7-11-23)16-8-4-3-5-9-16/h3-5,8-9,12-13,19,22H,6-7,10-11,14-15H2,1-2H3. The molecule has 1 unspecified atom stereocenters. The van der Waals surface area contributed by atoms with Crippen LogP contribution in [0.2, 0.25) is 0 Å². The molecule has 150 valence electrons. The van der Waals surface area contributed by atoms with E-state index in [-0.39, 0.29) is 16.7 Å². The SMILES string of the molecule is COc1cc(CNCC(c2ccccc2)N2CCCC2)c([N+](=O)[O-])cc1OC. The molecule has 7 heteroatoms. The second kappa shape index (κ2) is 9.52. The van der Waals surface area contributed by atoms with Gasteiger partial charge in [-0.3, -0.25) is 15.0 Å². The number of nitrogens with zero attached hydrogens (tertiary/aromatic N) is 2. The summed E-state index contributed by atoms with van der Waals surface area (Å²) in [7, 11) is 3.00. The first-order valence-corrected chi connectivity index (χ1v) is 9.53. The highest BCUT2D eigenvalue weighted by molar-refractivity contribution is 5.54. The van der Waals surface area contributed by atoms with Crippen molar-refractivity contribution in [3.63, 3.8) is 0 Å². The number of likely N-dealkylation sites (tertiary alicyclic amines) is 1. The molecular weight excluding hydrogens is 358 g/mol. The van der Waals surface area contributed by atoms with E-state index >= 15 is 0 Å². The Morgan fingerprint density at radius 2 is 1.75 bits per heavy atom. The highest BCUT2D eigenvalue weighted by Gasteiger charge is 2.24. The summed E-state index contributed by atoms with van der Waals surface area (Å²) in [5.74, 6) is 0.848. The Bertz CT molecular complexity index is 792. The molecule has 0 saturated carbocycles. The number of nitro benzene ring substituents is 1. The minimum atomic E-state index is -0.381. The van der Waals surface area contributed by atoms with E-state index in [9.17, 15) is 10.1 Å². The van der Waals surface area contributed by atoms with Gasteiger partial charge in [-0.2, -0.15) is 0 Å². The molecule has 0 aliphatic carbocycles. The number of ether oxygens (including phenoxy) is 2. The van der Waals surface area contributed by atoms with Gasteiger partial charge in [0.15, 0.2) is 11.5 Å². The molecule has 0 amide bonds. The lowest BCUT2D eigenvalue weighted by molar-refractivity contribution is -0.385. The molecule has 2 aromatic carbocycles. The third-order valence-electron chi connectivity index (χ3n) is 5.20. The van der Waals surface area contributed by atoms with Crippen molar-refractivity contribution in [1.29, 1.82) is 0 Å². The first kappa shape index (κ1) is 20.1. The maximum Gasteiger partial charge on any atom is 0.277 e. The van der Waals surface area contributed by atoms with E-state index in [0.717, 1.165) is 19.6 Å². The maximum absolute atomic E-state index is 11.5. The molecule has 1 atom stereocenters. The fraction of sp³-hybridized carbons (Fsp3) is 0.429. The van der Waals surface area contributed by atoms with Gasteiger partial charge in [-0.15, -0.1) is 0 Å². The summed E-state index contributed by atoms with van der Waals surface area (Å²) in [6, 6.07) is 13.8. The van der Waals surface area contributed by atoms with Crippen molar-refractivity contribution in [2.45, 2.75) is 25.4 Å².